The van der Waals surface area contributed by atoms with Crippen LogP contribution in [-0.4, -0.2) is 11.1 Å². The molecule has 1 aromatic carbocycles. The number of carbonyl (C=O) groups is 1. The minimum Gasteiger partial charge on any atom is -0.478 e. The Morgan fingerprint density at radius 1 is 1.46 bits per heavy atom. The van der Waals surface area contributed by atoms with E-state index in [0.29, 0.717) is 18.3 Å². The molecule has 0 bridgehead atoms. The maximum absolute atomic E-state index is 11.7. The van der Waals surface area contributed by atoms with Gasteiger partial charge in [0.1, 0.15) is 0 Å². The van der Waals surface area contributed by atoms with Crippen molar-refractivity contribution in [2.24, 2.45) is 0 Å². The topological polar surface area (TPSA) is 37.3 Å². The van der Waals surface area contributed by atoms with Crippen LogP contribution >= 0.6 is 0 Å². The molecule has 0 saturated heterocycles. The third kappa shape index (κ3) is 2.40. The van der Waals surface area contributed by atoms with Crippen LogP contribution < -0.4 is 0 Å². The molecular formula is C10H9FO2. The highest BCUT2D eigenvalue weighted by molar-refractivity contribution is 5.89. The van der Waals surface area contributed by atoms with Crippen molar-refractivity contribution in [1.29, 1.82) is 0 Å². The van der Waals surface area contributed by atoms with Gasteiger partial charge in [0.2, 0.25) is 0 Å². The molecule has 0 spiro atoms. The summed E-state index contributed by atoms with van der Waals surface area (Å²) in [6.45, 7) is 0. The molecule has 0 heterocycles. The number of carboxylic acid groups (broad SMARTS) is 1. The fourth-order valence-corrected chi connectivity index (χ4v) is 1.08. The molecule has 0 unspecified atom stereocenters. The minimum atomic E-state index is -0.983. The van der Waals surface area contributed by atoms with Crippen molar-refractivity contribution in [1.82, 2.24) is 0 Å². The number of halogens is 1. The number of aromatic carboxylic acids is 1. The van der Waals surface area contributed by atoms with Crippen LogP contribution in [0.5, 0.6) is 0 Å². The molecule has 0 radical (unpaired) electrons. The number of carboxylic acids is 1. The normalized spacial score (nSPS) is 10.5. The first-order chi connectivity index (χ1) is 6.25. The lowest BCUT2D eigenvalue weighted by atomic mass is 10.1. The van der Waals surface area contributed by atoms with Gasteiger partial charge in [0.15, 0.2) is 0 Å². The van der Waals surface area contributed by atoms with Crippen molar-refractivity contribution in [2.75, 3.05) is 0 Å². The second kappa shape index (κ2) is 4.40. The van der Waals surface area contributed by atoms with Gasteiger partial charge in [-0.05, 0) is 18.1 Å². The third-order valence-corrected chi connectivity index (χ3v) is 1.67. The largest absolute Gasteiger partial charge is 0.478 e. The van der Waals surface area contributed by atoms with Crippen LogP contribution in [0.4, 0.5) is 4.39 Å². The second-order valence-corrected chi connectivity index (χ2v) is 2.53. The highest BCUT2D eigenvalue weighted by Gasteiger charge is 2.06. The van der Waals surface area contributed by atoms with E-state index < -0.39 is 5.97 Å². The number of benzene rings is 1. The first-order valence-electron chi connectivity index (χ1n) is 3.82. The van der Waals surface area contributed by atoms with Gasteiger partial charge < -0.3 is 5.11 Å². The maximum atomic E-state index is 11.7. The molecule has 0 aliphatic rings. The lowest BCUT2D eigenvalue weighted by Gasteiger charge is -2.01. The molecule has 0 aromatic heterocycles. The van der Waals surface area contributed by atoms with E-state index >= 15 is 0 Å². The van der Waals surface area contributed by atoms with Gasteiger partial charge in [0.25, 0.3) is 0 Å². The SMILES string of the molecule is O=C(O)c1ccccc1CC=CF. The maximum Gasteiger partial charge on any atom is 0.335 e. The molecule has 13 heavy (non-hydrogen) atoms. The van der Waals surface area contributed by atoms with Gasteiger partial charge >= 0.3 is 5.97 Å². The Morgan fingerprint density at radius 3 is 2.77 bits per heavy atom. The van der Waals surface area contributed by atoms with Gasteiger partial charge in [-0.1, -0.05) is 24.3 Å². The van der Waals surface area contributed by atoms with Crippen LogP contribution in [0.2, 0.25) is 0 Å². The van der Waals surface area contributed by atoms with Gasteiger partial charge in [0.05, 0.1) is 11.9 Å². The fraction of sp³-hybridized carbons (Fsp3) is 0.100. The summed E-state index contributed by atoms with van der Waals surface area (Å²) in [6, 6.07) is 6.55. The van der Waals surface area contributed by atoms with E-state index in [1.165, 1.54) is 12.1 Å². The molecule has 3 heteroatoms. The van der Waals surface area contributed by atoms with E-state index in [-0.39, 0.29) is 5.56 Å². The molecule has 0 aliphatic carbocycles. The summed E-state index contributed by atoms with van der Waals surface area (Å²) in [5.41, 5.74) is 0.838. The Labute approximate surface area is 75.3 Å². The van der Waals surface area contributed by atoms with Crippen LogP contribution in [0, 0.1) is 0 Å². The standard InChI is InChI=1S/C10H9FO2/c11-7-3-5-8-4-1-2-6-9(8)10(12)13/h1-4,6-7H,5H2,(H,12,13). The highest BCUT2D eigenvalue weighted by atomic mass is 19.1. The molecule has 1 aromatic rings. The third-order valence-electron chi connectivity index (χ3n) is 1.67. The molecule has 2 nitrogen and oxygen atoms in total. The minimum absolute atomic E-state index is 0.223. The Balaban J connectivity index is 2.97. The van der Waals surface area contributed by atoms with Gasteiger partial charge in [-0.25, -0.2) is 9.18 Å². The Kier molecular flexibility index (Phi) is 3.20. The van der Waals surface area contributed by atoms with Gasteiger partial charge in [-0.3, -0.25) is 0 Å². The number of hydrogen-bond donors (Lipinski definition) is 1. The van der Waals surface area contributed by atoms with E-state index in [1.807, 2.05) is 0 Å². The van der Waals surface area contributed by atoms with Gasteiger partial charge in [-0.15, -0.1) is 0 Å². The first kappa shape index (κ1) is 9.45. The van der Waals surface area contributed by atoms with Crippen LogP contribution in [0.3, 0.4) is 0 Å². The monoisotopic (exact) mass is 180 g/mol. The zero-order chi connectivity index (χ0) is 9.68. The molecule has 0 atom stereocenters. The fourth-order valence-electron chi connectivity index (χ4n) is 1.08. The molecule has 0 amide bonds. The van der Waals surface area contributed by atoms with Crippen molar-refractivity contribution < 1.29 is 14.3 Å². The molecular weight excluding hydrogens is 171 g/mol. The summed E-state index contributed by atoms with van der Waals surface area (Å²) in [7, 11) is 0. The summed E-state index contributed by atoms with van der Waals surface area (Å²) in [5, 5.41) is 8.75. The van der Waals surface area contributed by atoms with Crippen LogP contribution in [0.15, 0.2) is 36.7 Å². The number of allylic oxidation sites excluding steroid dienone is 1. The Morgan fingerprint density at radius 2 is 2.15 bits per heavy atom. The average molecular weight is 180 g/mol. The quantitative estimate of drug-likeness (QED) is 0.775. The van der Waals surface area contributed by atoms with Crippen LogP contribution in [0.25, 0.3) is 0 Å². The van der Waals surface area contributed by atoms with E-state index in [9.17, 15) is 9.18 Å². The van der Waals surface area contributed by atoms with E-state index in [1.54, 1.807) is 18.2 Å². The Bertz CT molecular complexity index is 331. The van der Waals surface area contributed by atoms with Crippen molar-refractivity contribution in [3.63, 3.8) is 0 Å². The summed E-state index contributed by atoms with van der Waals surface area (Å²) in [6.07, 6.45) is 2.00. The molecule has 0 aliphatic heterocycles. The molecule has 0 fully saturated rings. The molecule has 68 valence electrons. The van der Waals surface area contributed by atoms with E-state index in [0.717, 1.165) is 0 Å². The van der Waals surface area contributed by atoms with Crippen molar-refractivity contribution in [2.45, 2.75) is 6.42 Å². The molecule has 1 rings (SSSR count). The lowest BCUT2D eigenvalue weighted by Crippen LogP contribution is -2.00. The zero-order valence-corrected chi connectivity index (χ0v) is 6.90. The lowest BCUT2D eigenvalue weighted by molar-refractivity contribution is 0.0696. The highest BCUT2D eigenvalue weighted by Crippen LogP contribution is 2.09. The van der Waals surface area contributed by atoms with Crippen molar-refractivity contribution in [3.05, 3.63) is 47.8 Å². The summed E-state index contributed by atoms with van der Waals surface area (Å²) >= 11 is 0. The molecule has 0 saturated carbocycles. The van der Waals surface area contributed by atoms with Gasteiger partial charge in [-0.2, -0.15) is 0 Å². The van der Waals surface area contributed by atoms with Crippen molar-refractivity contribution in [3.8, 4) is 0 Å². The van der Waals surface area contributed by atoms with Crippen LogP contribution in [-0.2, 0) is 6.42 Å². The number of hydrogen-bond acceptors (Lipinski definition) is 1. The first-order valence-corrected chi connectivity index (χ1v) is 3.82. The summed E-state index contributed by atoms with van der Waals surface area (Å²) in [5.74, 6) is -0.983. The summed E-state index contributed by atoms with van der Waals surface area (Å²) < 4.78 is 11.7. The number of rotatable bonds is 3. The second-order valence-electron chi connectivity index (χ2n) is 2.53. The summed E-state index contributed by atoms with van der Waals surface area (Å²) in [4.78, 5) is 10.7. The zero-order valence-electron chi connectivity index (χ0n) is 6.90. The van der Waals surface area contributed by atoms with Crippen molar-refractivity contribution >= 4 is 5.97 Å². The predicted molar refractivity (Wildman–Crippen MR) is 47.4 cm³/mol. The van der Waals surface area contributed by atoms with Crippen LogP contribution in [0.1, 0.15) is 15.9 Å². The Hall–Kier alpha value is -1.64. The van der Waals surface area contributed by atoms with Gasteiger partial charge in [0, 0.05) is 0 Å². The average Bonchev–Trinajstić information content (AvgIpc) is 2.15. The van der Waals surface area contributed by atoms with E-state index in [4.69, 9.17) is 5.11 Å². The smallest absolute Gasteiger partial charge is 0.335 e. The van der Waals surface area contributed by atoms with E-state index in [2.05, 4.69) is 0 Å². The predicted octanol–water partition coefficient (Wildman–Crippen LogP) is 2.41. The molecule has 1 N–H and O–H groups in total.